The van der Waals surface area contributed by atoms with Crippen LogP contribution in [0.5, 0.6) is 0 Å². The normalized spacial score (nSPS) is 10.6. The summed E-state index contributed by atoms with van der Waals surface area (Å²) in [5, 5.41) is 12.1. The molecular weight excluding hydrogens is 566 g/mol. The van der Waals surface area contributed by atoms with Crippen molar-refractivity contribution in [2.75, 3.05) is 6.54 Å². The minimum absolute atomic E-state index is 0.0454. The van der Waals surface area contributed by atoms with E-state index in [0.29, 0.717) is 30.9 Å². The maximum absolute atomic E-state index is 12.4. The second-order valence-electron chi connectivity index (χ2n) is 4.39. The van der Waals surface area contributed by atoms with Gasteiger partial charge < -0.3 is 15.4 Å². The van der Waals surface area contributed by atoms with E-state index in [4.69, 9.17) is 0 Å². The Morgan fingerprint density at radius 2 is 1.70 bits per heavy atom. The molecule has 1 aromatic heterocycles. The first-order valence-corrected chi connectivity index (χ1v) is 9.36. The molecule has 0 fully saturated rings. The van der Waals surface area contributed by atoms with Crippen LogP contribution in [0.3, 0.4) is 0 Å². The van der Waals surface area contributed by atoms with Gasteiger partial charge in [-0.15, -0.1) is 0 Å². The van der Waals surface area contributed by atoms with Crippen LogP contribution < -0.4 is 5.32 Å². The molecule has 0 saturated heterocycles. The van der Waals surface area contributed by atoms with Crippen molar-refractivity contribution >= 4 is 75.6 Å². The highest BCUT2D eigenvalue weighted by Crippen LogP contribution is 2.42. The van der Waals surface area contributed by atoms with Gasteiger partial charge in [0.05, 0.1) is 17.5 Å². The number of H-pyrrole nitrogens is 1. The van der Waals surface area contributed by atoms with E-state index < -0.39 is 11.9 Å². The summed E-state index contributed by atoms with van der Waals surface area (Å²) in [6.45, 7) is 0.345. The summed E-state index contributed by atoms with van der Waals surface area (Å²) in [5.74, 6) is -1.69. The Morgan fingerprint density at radius 3 is 2.22 bits per heavy atom. The fourth-order valence-corrected chi connectivity index (χ4v) is 4.33. The number of carbonyl (C=O) groups is 2. The number of amides is 1. The number of rotatable bonds is 5. The topological polar surface area (TPSA) is 95.1 Å². The standard InChI is InChI=1S/C13H9Br4N3O3/c14-8-6(7(13(22)23)9(15)11(17)10(8)16)12(21)19-2-1-5-3-18-4-20-5/h3-4H,1-2H2,(H,18,20)(H,19,21)(H,22,23). The van der Waals surface area contributed by atoms with Gasteiger partial charge in [0, 0.05) is 42.7 Å². The molecule has 0 radical (unpaired) electrons. The lowest BCUT2D eigenvalue weighted by atomic mass is 10.1. The average molecular weight is 575 g/mol. The van der Waals surface area contributed by atoms with Crippen LogP contribution in [0.15, 0.2) is 30.4 Å². The molecule has 2 aromatic rings. The molecule has 1 amide bonds. The van der Waals surface area contributed by atoms with Crippen molar-refractivity contribution in [2.45, 2.75) is 6.42 Å². The second kappa shape index (κ2) is 7.91. The number of imidazole rings is 1. The predicted molar refractivity (Wildman–Crippen MR) is 98.8 cm³/mol. The molecule has 0 unspecified atom stereocenters. The van der Waals surface area contributed by atoms with Gasteiger partial charge >= 0.3 is 5.97 Å². The van der Waals surface area contributed by atoms with E-state index >= 15 is 0 Å². The molecule has 10 heteroatoms. The molecule has 23 heavy (non-hydrogen) atoms. The van der Waals surface area contributed by atoms with Crippen LogP contribution in [0.1, 0.15) is 26.4 Å². The van der Waals surface area contributed by atoms with E-state index in [0.717, 1.165) is 5.69 Å². The quantitative estimate of drug-likeness (QED) is 0.370. The zero-order valence-corrected chi connectivity index (χ0v) is 17.6. The summed E-state index contributed by atoms with van der Waals surface area (Å²) in [7, 11) is 0. The smallest absolute Gasteiger partial charge is 0.337 e. The number of carbonyl (C=O) groups excluding carboxylic acids is 1. The third kappa shape index (κ3) is 4.04. The van der Waals surface area contributed by atoms with E-state index in [1.165, 1.54) is 0 Å². The molecule has 0 aliphatic heterocycles. The molecule has 0 bridgehead atoms. The lowest BCUT2D eigenvalue weighted by Gasteiger charge is -2.14. The van der Waals surface area contributed by atoms with Crippen LogP contribution in [0, 0.1) is 0 Å². The summed E-state index contributed by atoms with van der Waals surface area (Å²) >= 11 is 13.1. The lowest BCUT2D eigenvalue weighted by Crippen LogP contribution is -2.28. The molecular formula is C13H9Br4N3O3. The Hall–Kier alpha value is -0.710. The highest BCUT2D eigenvalue weighted by atomic mass is 79.9. The van der Waals surface area contributed by atoms with Gasteiger partial charge in [0.25, 0.3) is 5.91 Å². The zero-order valence-electron chi connectivity index (χ0n) is 11.3. The average Bonchev–Trinajstić information content (AvgIpc) is 3.01. The number of benzene rings is 1. The molecule has 0 atom stereocenters. The predicted octanol–water partition coefficient (Wildman–Crippen LogP) is 4.13. The number of halogens is 4. The van der Waals surface area contributed by atoms with E-state index in [1.54, 1.807) is 12.5 Å². The van der Waals surface area contributed by atoms with Gasteiger partial charge in [-0.05, 0) is 63.7 Å². The Bertz CT molecular complexity index is 763. The van der Waals surface area contributed by atoms with Gasteiger partial charge in [-0.2, -0.15) is 0 Å². The van der Waals surface area contributed by atoms with Crippen molar-refractivity contribution < 1.29 is 14.7 Å². The van der Waals surface area contributed by atoms with Crippen molar-refractivity contribution in [1.82, 2.24) is 15.3 Å². The first kappa shape index (κ1) is 18.6. The molecule has 0 aliphatic rings. The Labute approximate surface area is 165 Å². The van der Waals surface area contributed by atoms with E-state index in [2.05, 4.69) is 79.0 Å². The highest BCUT2D eigenvalue weighted by Gasteiger charge is 2.27. The molecule has 0 saturated carbocycles. The van der Waals surface area contributed by atoms with Crippen LogP contribution >= 0.6 is 63.7 Å². The number of aromatic amines is 1. The molecule has 1 aromatic carbocycles. The second-order valence-corrected chi connectivity index (χ2v) is 7.57. The van der Waals surface area contributed by atoms with Crippen LogP contribution in [0.2, 0.25) is 0 Å². The molecule has 2 rings (SSSR count). The number of carboxylic acid groups (broad SMARTS) is 1. The zero-order chi connectivity index (χ0) is 17.1. The number of hydrogen-bond acceptors (Lipinski definition) is 3. The number of hydrogen-bond donors (Lipinski definition) is 3. The lowest BCUT2D eigenvalue weighted by molar-refractivity contribution is 0.0689. The summed E-state index contributed by atoms with van der Waals surface area (Å²) in [6.07, 6.45) is 3.78. The number of carboxylic acids is 1. The maximum Gasteiger partial charge on any atom is 0.337 e. The SMILES string of the molecule is O=C(O)c1c(Br)c(Br)c(Br)c(Br)c1C(=O)NCCc1cnc[nH]1. The number of nitrogens with zero attached hydrogens (tertiary/aromatic N) is 1. The number of aromatic nitrogens is 2. The highest BCUT2D eigenvalue weighted by molar-refractivity contribution is 9.15. The first-order chi connectivity index (χ1) is 10.8. The van der Waals surface area contributed by atoms with Crippen LogP contribution in [-0.4, -0.2) is 33.5 Å². The van der Waals surface area contributed by atoms with Crippen LogP contribution in [0.25, 0.3) is 0 Å². The summed E-state index contributed by atoms with van der Waals surface area (Å²) in [4.78, 5) is 30.8. The van der Waals surface area contributed by atoms with E-state index in [9.17, 15) is 14.7 Å². The van der Waals surface area contributed by atoms with Gasteiger partial charge in [0.1, 0.15) is 0 Å². The van der Waals surface area contributed by atoms with Crippen molar-refractivity contribution in [3.8, 4) is 0 Å². The maximum atomic E-state index is 12.4. The molecule has 3 N–H and O–H groups in total. The third-order valence-corrected chi connectivity index (χ3v) is 7.71. The molecule has 1 heterocycles. The van der Waals surface area contributed by atoms with Gasteiger partial charge in [0.2, 0.25) is 0 Å². The monoisotopic (exact) mass is 571 g/mol. The van der Waals surface area contributed by atoms with Crippen LogP contribution in [-0.2, 0) is 6.42 Å². The first-order valence-electron chi connectivity index (χ1n) is 6.19. The van der Waals surface area contributed by atoms with Gasteiger partial charge in [-0.3, -0.25) is 4.79 Å². The fraction of sp³-hybridized carbons (Fsp3) is 0.154. The Kier molecular flexibility index (Phi) is 6.40. The summed E-state index contributed by atoms with van der Waals surface area (Å²) in [6, 6.07) is 0. The van der Waals surface area contributed by atoms with Gasteiger partial charge in [0.15, 0.2) is 0 Å². The van der Waals surface area contributed by atoms with E-state index in [-0.39, 0.29) is 11.1 Å². The van der Waals surface area contributed by atoms with Crippen molar-refractivity contribution in [2.24, 2.45) is 0 Å². The molecule has 0 aliphatic carbocycles. The summed E-state index contributed by atoms with van der Waals surface area (Å²) in [5.41, 5.74) is 0.802. The molecule has 122 valence electrons. The minimum atomic E-state index is -1.20. The van der Waals surface area contributed by atoms with Gasteiger partial charge in [-0.1, -0.05) is 0 Å². The fourth-order valence-electron chi connectivity index (χ4n) is 1.87. The Balaban J connectivity index is 2.30. The third-order valence-electron chi connectivity index (χ3n) is 2.94. The Morgan fingerprint density at radius 1 is 1.09 bits per heavy atom. The number of nitrogens with one attached hydrogen (secondary N) is 2. The van der Waals surface area contributed by atoms with Crippen molar-refractivity contribution in [3.63, 3.8) is 0 Å². The number of aromatic carboxylic acids is 1. The van der Waals surface area contributed by atoms with Crippen molar-refractivity contribution in [3.05, 3.63) is 47.2 Å². The minimum Gasteiger partial charge on any atom is -0.478 e. The van der Waals surface area contributed by atoms with Crippen molar-refractivity contribution in [1.29, 1.82) is 0 Å². The van der Waals surface area contributed by atoms with Gasteiger partial charge in [-0.25, -0.2) is 9.78 Å². The largest absolute Gasteiger partial charge is 0.478 e. The summed E-state index contributed by atoms with van der Waals surface area (Å²) < 4.78 is 1.71. The molecule has 0 spiro atoms. The van der Waals surface area contributed by atoms with E-state index in [1.807, 2.05) is 0 Å². The molecule has 6 nitrogen and oxygen atoms in total. The van der Waals surface area contributed by atoms with Crippen LogP contribution in [0.4, 0.5) is 0 Å².